The molecule has 4 nitrogen and oxygen atoms in total. The van der Waals surface area contributed by atoms with E-state index in [1.807, 2.05) is 42.5 Å². The number of amides is 2. The average molecular weight is 372 g/mol. The van der Waals surface area contributed by atoms with Gasteiger partial charge in [0.2, 0.25) is 0 Å². The number of urea groups is 1. The summed E-state index contributed by atoms with van der Waals surface area (Å²) in [5.41, 5.74) is 4.48. The molecule has 0 bridgehead atoms. The Morgan fingerprint density at radius 2 is 1.76 bits per heavy atom. The topological polar surface area (TPSA) is 53.5 Å². The van der Waals surface area contributed by atoms with E-state index >= 15 is 0 Å². The van der Waals surface area contributed by atoms with Gasteiger partial charge in [0.1, 0.15) is 0 Å². The van der Waals surface area contributed by atoms with Gasteiger partial charge >= 0.3 is 6.03 Å². The number of hydrogen-bond donors (Lipinski definition) is 2. The minimum Gasteiger partial charge on any atom is -0.306 e. The van der Waals surface area contributed by atoms with Crippen LogP contribution in [0.5, 0.6) is 0 Å². The van der Waals surface area contributed by atoms with Crippen molar-refractivity contribution in [2.45, 2.75) is 6.92 Å². The maximum atomic E-state index is 12.1. The maximum absolute atomic E-state index is 12.1. The van der Waals surface area contributed by atoms with Gasteiger partial charge < -0.3 is 5.32 Å². The fraction of sp³-hybridized carbons (Fsp3) is 0.0526. The summed E-state index contributed by atoms with van der Waals surface area (Å²) in [6.07, 6.45) is 0. The van der Waals surface area contributed by atoms with Gasteiger partial charge in [-0.1, -0.05) is 65.7 Å². The van der Waals surface area contributed by atoms with Gasteiger partial charge in [-0.25, -0.2) is 10.2 Å². The smallest absolute Gasteiger partial charge is 0.306 e. The molecule has 25 heavy (non-hydrogen) atoms. The molecule has 0 atom stereocenters. The van der Waals surface area contributed by atoms with Crippen LogP contribution in [-0.2, 0) is 0 Å². The number of nitrogens with zero attached hydrogens (tertiary/aromatic N) is 1. The second-order valence-corrected chi connectivity index (χ2v) is 6.26. The molecule has 0 unspecified atom stereocenters. The van der Waals surface area contributed by atoms with Gasteiger partial charge in [0.15, 0.2) is 0 Å². The van der Waals surface area contributed by atoms with Crippen molar-refractivity contribution in [2.24, 2.45) is 5.10 Å². The zero-order valence-electron chi connectivity index (χ0n) is 13.4. The van der Waals surface area contributed by atoms with Crippen LogP contribution in [0, 0.1) is 0 Å². The number of rotatable bonds is 3. The quantitative estimate of drug-likeness (QED) is 0.450. The predicted octanol–water partition coefficient (Wildman–Crippen LogP) is 5.69. The van der Waals surface area contributed by atoms with E-state index < -0.39 is 6.03 Å². The van der Waals surface area contributed by atoms with Crippen LogP contribution >= 0.6 is 23.2 Å². The molecule has 3 aromatic carbocycles. The third-order valence-corrected chi connectivity index (χ3v) is 4.23. The molecule has 126 valence electrons. The third-order valence-electron chi connectivity index (χ3n) is 3.68. The van der Waals surface area contributed by atoms with Crippen LogP contribution in [-0.4, -0.2) is 11.7 Å². The molecule has 0 radical (unpaired) electrons. The molecule has 0 aliphatic rings. The first-order valence-electron chi connectivity index (χ1n) is 7.59. The van der Waals surface area contributed by atoms with E-state index in [9.17, 15) is 4.79 Å². The minimum atomic E-state index is -0.430. The van der Waals surface area contributed by atoms with E-state index in [1.165, 1.54) is 0 Å². The van der Waals surface area contributed by atoms with Crippen molar-refractivity contribution in [1.29, 1.82) is 0 Å². The summed E-state index contributed by atoms with van der Waals surface area (Å²) in [4.78, 5) is 12.1. The second kappa shape index (κ2) is 7.55. The molecule has 0 heterocycles. The van der Waals surface area contributed by atoms with Crippen LogP contribution in [0.25, 0.3) is 10.8 Å². The lowest BCUT2D eigenvalue weighted by molar-refractivity contribution is 0.252. The number of anilines is 1. The molecule has 0 aromatic heterocycles. The van der Waals surface area contributed by atoms with Crippen molar-refractivity contribution in [2.75, 3.05) is 5.32 Å². The second-order valence-electron chi connectivity index (χ2n) is 5.41. The summed E-state index contributed by atoms with van der Waals surface area (Å²) < 4.78 is 0. The predicted molar refractivity (Wildman–Crippen MR) is 105 cm³/mol. The van der Waals surface area contributed by atoms with Gasteiger partial charge in [0.05, 0.1) is 16.4 Å². The van der Waals surface area contributed by atoms with E-state index in [2.05, 4.69) is 15.8 Å². The Kier molecular flexibility index (Phi) is 5.22. The van der Waals surface area contributed by atoms with Crippen LogP contribution in [0.1, 0.15) is 12.5 Å². The fourth-order valence-corrected chi connectivity index (χ4v) is 3.01. The Bertz CT molecular complexity index is 965. The standard InChI is InChI=1S/C19H15Cl2N3O/c1-12(15-10-9-14(20)11-17(15)21)23-24-19(25)22-18-8-4-6-13-5-2-3-7-16(13)18/h2-11H,1H3,(H2,22,24,25)/b23-12+. The zero-order chi connectivity index (χ0) is 17.8. The number of nitrogens with one attached hydrogen (secondary N) is 2. The highest BCUT2D eigenvalue weighted by molar-refractivity contribution is 6.37. The lowest BCUT2D eigenvalue weighted by atomic mass is 10.1. The van der Waals surface area contributed by atoms with E-state index in [1.54, 1.807) is 25.1 Å². The highest BCUT2D eigenvalue weighted by Crippen LogP contribution is 2.23. The van der Waals surface area contributed by atoms with Crippen molar-refractivity contribution in [3.63, 3.8) is 0 Å². The van der Waals surface area contributed by atoms with Gasteiger partial charge in [-0.05, 0) is 30.5 Å². The monoisotopic (exact) mass is 371 g/mol. The van der Waals surface area contributed by atoms with Gasteiger partial charge in [-0.2, -0.15) is 5.10 Å². The van der Waals surface area contributed by atoms with Crippen LogP contribution in [0.2, 0.25) is 10.0 Å². The third kappa shape index (κ3) is 4.10. The van der Waals surface area contributed by atoms with Crippen LogP contribution < -0.4 is 10.7 Å². The number of hydrogen-bond acceptors (Lipinski definition) is 2. The van der Waals surface area contributed by atoms with Crippen molar-refractivity contribution in [3.8, 4) is 0 Å². The molecule has 3 rings (SSSR count). The average Bonchev–Trinajstić information content (AvgIpc) is 2.60. The fourth-order valence-electron chi connectivity index (χ4n) is 2.46. The number of carbonyl (C=O) groups excluding carboxylic acids is 1. The SMILES string of the molecule is C/C(=N\NC(=O)Nc1cccc2ccccc12)c1ccc(Cl)cc1Cl. The lowest BCUT2D eigenvalue weighted by Gasteiger charge is -2.09. The largest absolute Gasteiger partial charge is 0.339 e. The van der Waals surface area contributed by atoms with Gasteiger partial charge in [0.25, 0.3) is 0 Å². The van der Waals surface area contributed by atoms with E-state index in [-0.39, 0.29) is 0 Å². The van der Waals surface area contributed by atoms with Crippen molar-refractivity contribution in [3.05, 3.63) is 76.3 Å². The molecule has 0 fully saturated rings. The first kappa shape index (κ1) is 17.3. The lowest BCUT2D eigenvalue weighted by Crippen LogP contribution is -2.25. The molecular weight excluding hydrogens is 357 g/mol. The van der Waals surface area contributed by atoms with Crippen molar-refractivity contribution >= 4 is 51.4 Å². The maximum Gasteiger partial charge on any atom is 0.339 e. The Morgan fingerprint density at radius 3 is 2.56 bits per heavy atom. The first-order chi connectivity index (χ1) is 12.0. The van der Waals surface area contributed by atoms with Gasteiger partial charge in [-0.3, -0.25) is 0 Å². The zero-order valence-corrected chi connectivity index (χ0v) is 14.9. The van der Waals surface area contributed by atoms with Crippen molar-refractivity contribution < 1.29 is 4.79 Å². The summed E-state index contributed by atoms with van der Waals surface area (Å²) in [6.45, 7) is 1.76. The Labute approximate surface area is 155 Å². The number of halogens is 2. The van der Waals surface area contributed by atoms with Gasteiger partial charge in [0, 0.05) is 16.0 Å². The van der Waals surface area contributed by atoms with Crippen LogP contribution in [0.4, 0.5) is 10.5 Å². The summed E-state index contributed by atoms with van der Waals surface area (Å²) >= 11 is 12.0. The molecule has 0 saturated carbocycles. The highest BCUT2D eigenvalue weighted by Gasteiger charge is 2.07. The Morgan fingerprint density at radius 1 is 1.00 bits per heavy atom. The number of hydrazone groups is 1. The highest BCUT2D eigenvalue weighted by atomic mass is 35.5. The molecule has 6 heteroatoms. The molecule has 3 aromatic rings. The Hall–Kier alpha value is -2.56. The normalized spacial score (nSPS) is 11.4. The van der Waals surface area contributed by atoms with Gasteiger partial charge in [-0.15, -0.1) is 0 Å². The first-order valence-corrected chi connectivity index (χ1v) is 8.34. The summed E-state index contributed by atoms with van der Waals surface area (Å²) in [6, 6.07) is 18.2. The molecule has 2 amide bonds. The molecule has 0 spiro atoms. The minimum absolute atomic E-state index is 0.430. The molecule has 0 saturated heterocycles. The van der Waals surface area contributed by atoms with Crippen LogP contribution in [0.15, 0.2) is 65.8 Å². The number of fused-ring (bicyclic) bond motifs is 1. The Balaban J connectivity index is 1.74. The summed E-state index contributed by atoms with van der Waals surface area (Å²) in [5.74, 6) is 0. The summed E-state index contributed by atoms with van der Waals surface area (Å²) in [7, 11) is 0. The number of benzene rings is 3. The van der Waals surface area contributed by atoms with E-state index in [4.69, 9.17) is 23.2 Å². The summed E-state index contributed by atoms with van der Waals surface area (Å²) in [5, 5.41) is 9.92. The van der Waals surface area contributed by atoms with E-state index in [0.29, 0.717) is 27.0 Å². The molecular formula is C19H15Cl2N3O. The molecule has 0 aliphatic carbocycles. The molecule has 2 N–H and O–H groups in total. The number of carbonyl (C=O) groups is 1. The van der Waals surface area contributed by atoms with E-state index in [0.717, 1.165) is 10.8 Å². The van der Waals surface area contributed by atoms with Crippen molar-refractivity contribution in [1.82, 2.24) is 5.43 Å². The molecule has 0 aliphatic heterocycles. The van der Waals surface area contributed by atoms with Crippen LogP contribution in [0.3, 0.4) is 0 Å².